The Morgan fingerprint density at radius 3 is 2.59 bits per heavy atom. The minimum Gasteiger partial charge on any atom is -0.465 e. The van der Waals surface area contributed by atoms with Crippen LogP contribution in [0.4, 0.5) is 0 Å². The van der Waals surface area contributed by atoms with Gasteiger partial charge in [-0.2, -0.15) is 0 Å². The van der Waals surface area contributed by atoms with Crippen LogP contribution in [0.3, 0.4) is 0 Å². The number of fused-ring (bicyclic) bond motifs is 1. The van der Waals surface area contributed by atoms with Crippen molar-refractivity contribution < 1.29 is 24.2 Å². The van der Waals surface area contributed by atoms with Crippen LogP contribution in [0.1, 0.15) is 59.8 Å². The number of likely N-dealkylation sites (tertiary alicyclic amines) is 1. The van der Waals surface area contributed by atoms with Crippen LogP contribution in [0.15, 0.2) is 25.3 Å². The third-order valence-electron chi connectivity index (χ3n) is 7.81. The maximum atomic E-state index is 14.1. The molecule has 0 aromatic rings. The second-order valence-corrected chi connectivity index (χ2v) is 12.1. The Labute approximate surface area is 208 Å². The average Bonchev–Trinajstić information content (AvgIpc) is 3.36. The van der Waals surface area contributed by atoms with Crippen molar-refractivity contribution >= 4 is 29.5 Å². The third kappa shape index (κ3) is 4.21. The summed E-state index contributed by atoms with van der Waals surface area (Å²) in [7, 11) is 0. The van der Waals surface area contributed by atoms with Crippen LogP contribution in [-0.4, -0.2) is 80.1 Å². The number of aliphatic hydroxyl groups excluding tert-OH is 1. The third-order valence-corrected chi connectivity index (χ3v) is 9.79. The standard InChI is InChI=1S/C26H40N2O5S/c1-7-10-11-15-33-24(32)20-19-22(30)28(18(9-3)16-29)21(23(31)27(14-8-2)17(4)5)26(19)13-12-25(20,6)34-26/h7-8,17-21,29H,1-2,9-16H2,3-6H3/t18-,19-,20+,21?,25-,26?/m0/s1. The molecular formula is C26H40N2O5S. The topological polar surface area (TPSA) is 87.1 Å². The van der Waals surface area contributed by atoms with Crippen molar-refractivity contribution in [2.45, 2.75) is 87.4 Å². The Morgan fingerprint density at radius 1 is 1.32 bits per heavy atom. The lowest BCUT2D eigenvalue weighted by Crippen LogP contribution is -2.58. The van der Waals surface area contributed by atoms with E-state index in [4.69, 9.17) is 4.74 Å². The first kappa shape index (κ1) is 26.8. The lowest BCUT2D eigenvalue weighted by atomic mass is 9.66. The zero-order valence-corrected chi connectivity index (χ0v) is 21.8. The monoisotopic (exact) mass is 492 g/mol. The Kier molecular flexibility index (Phi) is 8.23. The minimum absolute atomic E-state index is 0.0723. The van der Waals surface area contributed by atoms with Crippen molar-refractivity contribution in [1.82, 2.24) is 9.80 Å². The molecule has 3 saturated heterocycles. The van der Waals surface area contributed by atoms with E-state index in [0.717, 1.165) is 12.8 Å². The molecule has 7 nitrogen and oxygen atoms in total. The first-order valence-corrected chi connectivity index (χ1v) is 13.3. The van der Waals surface area contributed by atoms with Gasteiger partial charge < -0.3 is 19.6 Å². The number of nitrogens with zero attached hydrogens (tertiary/aromatic N) is 2. The highest BCUT2D eigenvalue weighted by Crippen LogP contribution is 2.71. The van der Waals surface area contributed by atoms with E-state index >= 15 is 0 Å². The Balaban J connectivity index is 2.04. The molecule has 2 bridgehead atoms. The number of rotatable bonds is 12. The van der Waals surface area contributed by atoms with Gasteiger partial charge in [0.05, 0.1) is 35.8 Å². The summed E-state index contributed by atoms with van der Waals surface area (Å²) in [5.41, 5.74) is 0. The first-order chi connectivity index (χ1) is 16.1. The number of hydrogen-bond acceptors (Lipinski definition) is 6. The summed E-state index contributed by atoms with van der Waals surface area (Å²) in [6.07, 6.45) is 6.87. The lowest BCUT2D eigenvalue weighted by Gasteiger charge is -2.40. The summed E-state index contributed by atoms with van der Waals surface area (Å²) in [5, 5.41) is 10.1. The van der Waals surface area contributed by atoms with E-state index in [1.807, 2.05) is 27.7 Å². The number of carbonyl (C=O) groups is 3. The van der Waals surface area contributed by atoms with Crippen LogP contribution in [0.2, 0.25) is 0 Å². The van der Waals surface area contributed by atoms with Gasteiger partial charge in [0.25, 0.3) is 0 Å². The van der Waals surface area contributed by atoms with E-state index in [9.17, 15) is 19.5 Å². The van der Waals surface area contributed by atoms with Gasteiger partial charge in [-0.25, -0.2) is 0 Å². The van der Waals surface area contributed by atoms with Crippen molar-refractivity contribution in [3.8, 4) is 0 Å². The number of esters is 1. The second-order valence-electron chi connectivity index (χ2n) is 10.2. The van der Waals surface area contributed by atoms with E-state index < -0.39 is 33.4 Å². The number of allylic oxidation sites excluding steroid dienone is 1. The molecule has 0 saturated carbocycles. The molecule has 8 heteroatoms. The summed E-state index contributed by atoms with van der Waals surface area (Å²) in [4.78, 5) is 44.8. The van der Waals surface area contributed by atoms with Gasteiger partial charge in [0.15, 0.2) is 0 Å². The van der Waals surface area contributed by atoms with E-state index in [0.29, 0.717) is 25.8 Å². The fourth-order valence-corrected chi connectivity index (χ4v) is 8.47. The molecule has 6 atom stereocenters. The second kappa shape index (κ2) is 10.4. The molecule has 34 heavy (non-hydrogen) atoms. The Bertz CT molecular complexity index is 828. The van der Waals surface area contributed by atoms with Crippen LogP contribution in [0, 0.1) is 11.8 Å². The van der Waals surface area contributed by atoms with Gasteiger partial charge in [0, 0.05) is 17.3 Å². The molecule has 2 unspecified atom stereocenters. The highest BCUT2D eigenvalue weighted by molar-refractivity contribution is 8.02. The molecule has 0 aromatic heterocycles. The molecule has 190 valence electrons. The van der Waals surface area contributed by atoms with E-state index in [-0.39, 0.29) is 37.0 Å². The summed E-state index contributed by atoms with van der Waals surface area (Å²) in [6.45, 7) is 15.8. The van der Waals surface area contributed by atoms with Crippen molar-refractivity contribution in [3.63, 3.8) is 0 Å². The van der Waals surface area contributed by atoms with Crippen molar-refractivity contribution in [1.29, 1.82) is 0 Å². The fourth-order valence-electron chi connectivity index (χ4n) is 6.15. The smallest absolute Gasteiger partial charge is 0.311 e. The summed E-state index contributed by atoms with van der Waals surface area (Å²) >= 11 is 1.63. The molecule has 1 spiro atoms. The maximum absolute atomic E-state index is 14.1. The van der Waals surface area contributed by atoms with Crippen LogP contribution < -0.4 is 0 Å². The van der Waals surface area contributed by atoms with Gasteiger partial charge in [-0.3, -0.25) is 14.4 Å². The van der Waals surface area contributed by atoms with Crippen LogP contribution in [0.5, 0.6) is 0 Å². The van der Waals surface area contributed by atoms with Gasteiger partial charge in [0.2, 0.25) is 11.8 Å². The number of aliphatic hydroxyl groups is 1. The average molecular weight is 493 g/mol. The van der Waals surface area contributed by atoms with E-state index in [1.54, 1.807) is 33.7 Å². The molecule has 0 radical (unpaired) electrons. The van der Waals surface area contributed by atoms with Crippen LogP contribution in [0.25, 0.3) is 0 Å². The Hall–Kier alpha value is -1.80. The molecular weight excluding hydrogens is 452 g/mol. The summed E-state index contributed by atoms with van der Waals surface area (Å²) < 4.78 is 4.48. The van der Waals surface area contributed by atoms with Gasteiger partial charge >= 0.3 is 5.97 Å². The number of amides is 2. The largest absolute Gasteiger partial charge is 0.465 e. The number of thioether (sulfide) groups is 1. The molecule has 3 rings (SSSR count). The van der Waals surface area contributed by atoms with Gasteiger partial charge in [-0.1, -0.05) is 19.1 Å². The SMILES string of the molecule is C=CCCCOC(=O)[C@H]1[C@H]2C(=O)N([C@@H](CC)CO)C(C(=O)N(CC=C)C(C)C)C23CC[C@]1(C)S3. The van der Waals surface area contributed by atoms with Crippen molar-refractivity contribution in [2.24, 2.45) is 11.8 Å². The van der Waals surface area contributed by atoms with Crippen molar-refractivity contribution in [3.05, 3.63) is 25.3 Å². The summed E-state index contributed by atoms with van der Waals surface area (Å²) in [5.74, 6) is -1.92. The number of hydrogen-bond donors (Lipinski definition) is 1. The van der Waals surface area contributed by atoms with E-state index in [1.165, 1.54) is 0 Å². The molecule has 3 heterocycles. The highest BCUT2D eigenvalue weighted by Gasteiger charge is 2.78. The highest BCUT2D eigenvalue weighted by atomic mass is 32.2. The normalized spacial score (nSPS) is 32.6. The van der Waals surface area contributed by atoms with Gasteiger partial charge in [-0.05, 0) is 52.9 Å². The van der Waals surface area contributed by atoms with Crippen LogP contribution >= 0.6 is 11.8 Å². The fraction of sp³-hybridized carbons (Fsp3) is 0.731. The lowest BCUT2D eigenvalue weighted by molar-refractivity contribution is -0.156. The zero-order valence-electron chi connectivity index (χ0n) is 21.0. The first-order valence-electron chi connectivity index (χ1n) is 12.5. The minimum atomic E-state index is -0.727. The molecule has 3 fully saturated rings. The summed E-state index contributed by atoms with van der Waals surface area (Å²) in [6, 6.07) is -1.28. The maximum Gasteiger partial charge on any atom is 0.311 e. The Morgan fingerprint density at radius 2 is 2.03 bits per heavy atom. The molecule has 3 aliphatic heterocycles. The number of ether oxygens (including phenoxy) is 1. The molecule has 0 aromatic carbocycles. The molecule has 0 aliphatic carbocycles. The quantitative estimate of drug-likeness (QED) is 0.256. The number of unbranched alkanes of at least 4 members (excludes halogenated alkanes) is 1. The van der Waals surface area contributed by atoms with Crippen LogP contribution in [-0.2, 0) is 19.1 Å². The van der Waals surface area contributed by atoms with E-state index in [2.05, 4.69) is 13.2 Å². The van der Waals surface area contributed by atoms with Gasteiger partial charge in [0.1, 0.15) is 6.04 Å². The predicted octanol–water partition coefficient (Wildman–Crippen LogP) is 3.17. The van der Waals surface area contributed by atoms with Gasteiger partial charge in [-0.15, -0.1) is 24.9 Å². The predicted molar refractivity (Wildman–Crippen MR) is 134 cm³/mol. The van der Waals surface area contributed by atoms with Crippen molar-refractivity contribution in [2.75, 3.05) is 19.8 Å². The molecule has 3 aliphatic rings. The number of carbonyl (C=O) groups excluding carboxylic acids is 3. The molecule has 2 amide bonds. The molecule has 1 N–H and O–H groups in total. The zero-order chi connectivity index (χ0) is 25.3.